The monoisotopic (exact) mass is 456 g/mol. The van der Waals surface area contributed by atoms with Crippen molar-refractivity contribution in [1.29, 1.82) is 5.26 Å². The van der Waals surface area contributed by atoms with E-state index in [4.69, 9.17) is 6.57 Å². The molecule has 3 rings (SSSR count). The zero-order valence-electron chi connectivity index (χ0n) is 20.7. The van der Waals surface area contributed by atoms with Crippen molar-refractivity contribution in [2.45, 2.75) is 46.8 Å². The van der Waals surface area contributed by atoms with Crippen LogP contribution in [0.25, 0.3) is 4.85 Å². The molecule has 0 aromatic heterocycles. The number of benzene rings is 2. The Labute approximate surface area is 204 Å². The third-order valence-electron chi connectivity index (χ3n) is 5.99. The van der Waals surface area contributed by atoms with Gasteiger partial charge in [0.15, 0.2) is 0 Å². The minimum absolute atomic E-state index is 0.175. The molecule has 178 valence electrons. The van der Waals surface area contributed by atoms with E-state index >= 15 is 0 Å². The molecule has 0 atom stereocenters. The summed E-state index contributed by atoms with van der Waals surface area (Å²) in [6, 6.07) is 17.4. The van der Waals surface area contributed by atoms with Gasteiger partial charge in [-0.05, 0) is 43.5 Å². The second-order valence-corrected chi connectivity index (χ2v) is 8.97. The molecule has 34 heavy (non-hydrogen) atoms. The van der Waals surface area contributed by atoms with Gasteiger partial charge in [-0.2, -0.15) is 0 Å². The van der Waals surface area contributed by atoms with Gasteiger partial charge >= 0.3 is 5.70 Å². The first-order chi connectivity index (χ1) is 16.5. The van der Waals surface area contributed by atoms with Crippen LogP contribution >= 0.6 is 0 Å². The molecule has 2 aromatic rings. The summed E-state index contributed by atoms with van der Waals surface area (Å²) in [5, 5.41) is 16.5. The van der Waals surface area contributed by atoms with E-state index in [2.05, 4.69) is 94.6 Å². The fourth-order valence-corrected chi connectivity index (χ4v) is 4.46. The van der Waals surface area contributed by atoms with Crippen molar-refractivity contribution in [1.82, 2.24) is 20.4 Å². The van der Waals surface area contributed by atoms with Crippen LogP contribution in [0.4, 0.5) is 0 Å². The molecule has 0 unspecified atom stereocenters. The normalized spacial score (nSPS) is 14.7. The summed E-state index contributed by atoms with van der Waals surface area (Å²) in [6.45, 7) is 20.6. The Morgan fingerprint density at radius 1 is 0.941 bits per heavy atom. The van der Waals surface area contributed by atoms with Crippen LogP contribution in [0.5, 0.6) is 0 Å². The maximum absolute atomic E-state index is 9.59. The van der Waals surface area contributed by atoms with E-state index in [9.17, 15) is 5.26 Å². The van der Waals surface area contributed by atoms with Gasteiger partial charge in [-0.15, -0.1) is 0 Å². The van der Waals surface area contributed by atoms with Crippen LogP contribution in [0.15, 0.2) is 54.0 Å². The van der Waals surface area contributed by atoms with Gasteiger partial charge in [0, 0.05) is 45.8 Å². The number of nitrogens with zero attached hydrogens (tertiary/aromatic N) is 4. The smallest absolute Gasteiger partial charge is 0.300 e. The van der Waals surface area contributed by atoms with Gasteiger partial charge in [0.05, 0.1) is 12.6 Å². The number of rotatable bonds is 11. The molecule has 0 bridgehead atoms. The van der Waals surface area contributed by atoms with E-state index in [-0.39, 0.29) is 5.70 Å². The van der Waals surface area contributed by atoms with Gasteiger partial charge in [0.2, 0.25) is 0 Å². The van der Waals surface area contributed by atoms with E-state index < -0.39 is 0 Å². The van der Waals surface area contributed by atoms with Gasteiger partial charge in [-0.25, -0.2) is 10.1 Å². The van der Waals surface area contributed by atoms with Crippen LogP contribution in [0.1, 0.15) is 41.2 Å². The highest BCUT2D eigenvalue weighted by Gasteiger charge is 2.28. The van der Waals surface area contributed by atoms with Crippen LogP contribution in [-0.2, 0) is 19.6 Å². The molecule has 1 aliphatic rings. The van der Waals surface area contributed by atoms with Crippen LogP contribution in [-0.4, -0.2) is 42.5 Å². The third kappa shape index (κ3) is 7.09. The molecular formula is C28H36N6. The number of hydrogen-bond acceptors (Lipinski definition) is 5. The van der Waals surface area contributed by atoms with Crippen LogP contribution in [0.3, 0.4) is 0 Å². The number of aryl methyl sites for hydroxylation is 2. The van der Waals surface area contributed by atoms with Crippen molar-refractivity contribution in [3.05, 3.63) is 93.2 Å². The number of hydrogen-bond donors (Lipinski definition) is 2. The van der Waals surface area contributed by atoms with E-state index in [0.717, 1.165) is 58.1 Å². The van der Waals surface area contributed by atoms with Crippen molar-refractivity contribution >= 4 is 0 Å². The minimum Gasteiger partial charge on any atom is -0.363 e. The predicted octanol–water partition coefficient (Wildman–Crippen LogP) is 4.32. The zero-order valence-corrected chi connectivity index (χ0v) is 20.7. The third-order valence-corrected chi connectivity index (χ3v) is 5.99. The van der Waals surface area contributed by atoms with Crippen molar-refractivity contribution < 1.29 is 0 Å². The molecular weight excluding hydrogens is 420 g/mol. The Hall–Kier alpha value is -3.32. The van der Waals surface area contributed by atoms with Gasteiger partial charge in [-0.3, -0.25) is 0 Å². The molecule has 0 saturated carbocycles. The first-order valence-corrected chi connectivity index (χ1v) is 12.1. The summed E-state index contributed by atoms with van der Waals surface area (Å²) in [5.74, 6) is 0.766. The maximum atomic E-state index is 9.59. The lowest BCUT2D eigenvalue weighted by molar-refractivity contribution is 0.326. The number of allylic oxidation sites excluding steroid dienone is 1. The van der Waals surface area contributed by atoms with Gasteiger partial charge in [0.25, 0.3) is 0 Å². The first kappa shape index (κ1) is 25.3. The SMILES string of the molecule is [C-]#[N+]/C(C#N)=C1\N(CCNCc2ccc(CNCCC)cc2)CCN1Cc1cc(C)cc(C)c1. The number of nitriles is 1. The molecule has 0 radical (unpaired) electrons. The molecule has 2 aromatic carbocycles. The summed E-state index contributed by atoms with van der Waals surface area (Å²) in [5.41, 5.74) is 6.41. The molecule has 0 amide bonds. The van der Waals surface area contributed by atoms with Crippen LogP contribution in [0.2, 0.25) is 0 Å². The molecule has 6 nitrogen and oxygen atoms in total. The average Bonchev–Trinajstić information content (AvgIpc) is 3.20. The minimum atomic E-state index is 0.175. The highest BCUT2D eigenvalue weighted by Crippen LogP contribution is 2.25. The Bertz CT molecular complexity index is 1020. The van der Waals surface area contributed by atoms with Crippen LogP contribution in [0, 0.1) is 31.8 Å². The highest BCUT2D eigenvalue weighted by molar-refractivity contribution is 5.35. The standard InChI is InChI=1S/C28H36N6/c1-5-10-31-19-24-6-8-25(9-7-24)20-32-11-12-33-13-14-34(28(33)27(18-29)30-4)21-26-16-22(2)15-23(3)17-26/h6-9,15-17,31-32H,5,10-14,19-21H2,1-3H3/b28-27+. The van der Waals surface area contributed by atoms with E-state index in [1.807, 2.05) is 0 Å². The van der Waals surface area contributed by atoms with Crippen molar-refractivity contribution in [2.24, 2.45) is 0 Å². The Balaban J connectivity index is 1.56. The average molecular weight is 457 g/mol. The first-order valence-electron chi connectivity index (χ1n) is 12.1. The van der Waals surface area contributed by atoms with Crippen molar-refractivity contribution in [3.8, 4) is 6.07 Å². The maximum Gasteiger partial charge on any atom is 0.300 e. The quantitative estimate of drug-likeness (QED) is 0.300. The largest absolute Gasteiger partial charge is 0.363 e. The molecule has 0 spiro atoms. The molecule has 1 fully saturated rings. The predicted molar refractivity (Wildman–Crippen MR) is 137 cm³/mol. The van der Waals surface area contributed by atoms with Gasteiger partial charge in [-0.1, -0.05) is 60.5 Å². The van der Waals surface area contributed by atoms with E-state index in [1.165, 1.54) is 27.8 Å². The Kier molecular flexibility index (Phi) is 9.52. The molecule has 1 aliphatic heterocycles. The summed E-state index contributed by atoms with van der Waals surface area (Å²) < 4.78 is 0. The second kappa shape index (κ2) is 12.8. The van der Waals surface area contributed by atoms with Crippen molar-refractivity contribution in [2.75, 3.05) is 32.7 Å². The topological polar surface area (TPSA) is 58.7 Å². The Morgan fingerprint density at radius 2 is 1.53 bits per heavy atom. The molecule has 2 N–H and O–H groups in total. The zero-order chi connectivity index (χ0) is 24.3. The highest BCUT2D eigenvalue weighted by atomic mass is 15.4. The van der Waals surface area contributed by atoms with Gasteiger partial charge in [0.1, 0.15) is 5.82 Å². The van der Waals surface area contributed by atoms with E-state index in [0.29, 0.717) is 6.54 Å². The fourth-order valence-electron chi connectivity index (χ4n) is 4.46. The lowest BCUT2D eigenvalue weighted by Gasteiger charge is -2.26. The fraction of sp³-hybridized carbons (Fsp3) is 0.429. The summed E-state index contributed by atoms with van der Waals surface area (Å²) in [4.78, 5) is 7.89. The summed E-state index contributed by atoms with van der Waals surface area (Å²) in [7, 11) is 0. The lowest BCUT2D eigenvalue weighted by Crippen LogP contribution is -2.31. The molecule has 1 heterocycles. The summed E-state index contributed by atoms with van der Waals surface area (Å²) >= 11 is 0. The lowest BCUT2D eigenvalue weighted by atomic mass is 10.1. The number of nitrogens with one attached hydrogen (secondary N) is 2. The summed E-state index contributed by atoms with van der Waals surface area (Å²) in [6.07, 6.45) is 1.14. The van der Waals surface area contributed by atoms with Gasteiger partial charge < -0.3 is 20.4 Å². The molecule has 1 saturated heterocycles. The second-order valence-electron chi connectivity index (χ2n) is 8.97. The molecule has 0 aliphatic carbocycles. The Morgan fingerprint density at radius 3 is 2.09 bits per heavy atom. The molecule has 6 heteroatoms. The van der Waals surface area contributed by atoms with Crippen LogP contribution < -0.4 is 10.6 Å². The van der Waals surface area contributed by atoms with E-state index in [1.54, 1.807) is 0 Å². The van der Waals surface area contributed by atoms with Crippen molar-refractivity contribution in [3.63, 3.8) is 0 Å².